The molecule has 1 aromatic rings. The molecular weight excluding hydrogens is 325 g/mol. The second-order valence-electron chi connectivity index (χ2n) is 3.84. The Morgan fingerprint density at radius 1 is 1.55 bits per heavy atom. The molecule has 0 bridgehead atoms. The molecule has 0 unspecified atom stereocenters. The van der Waals surface area contributed by atoms with E-state index in [9.17, 15) is 14.0 Å². The van der Waals surface area contributed by atoms with E-state index in [4.69, 9.17) is 28.9 Å². The SMILES string of the molecule is O=C(O)CN1C(=O)/C(=C/c2ccc(Cl)c(F)c2)SC1=S. The molecule has 0 spiro atoms. The Morgan fingerprint density at radius 2 is 2.25 bits per heavy atom. The van der Waals surface area contributed by atoms with Gasteiger partial charge in [-0.1, -0.05) is 41.6 Å². The van der Waals surface area contributed by atoms with Gasteiger partial charge in [-0.05, 0) is 23.8 Å². The van der Waals surface area contributed by atoms with Gasteiger partial charge in [0.1, 0.15) is 16.7 Å². The van der Waals surface area contributed by atoms with Crippen LogP contribution in [0.3, 0.4) is 0 Å². The topological polar surface area (TPSA) is 57.6 Å². The molecule has 0 saturated carbocycles. The van der Waals surface area contributed by atoms with Crippen molar-refractivity contribution in [2.45, 2.75) is 0 Å². The van der Waals surface area contributed by atoms with Crippen molar-refractivity contribution in [2.24, 2.45) is 0 Å². The first-order valence-corrected chi connectivity index (χ1v) is 6.91. The van der Waals surface area contributed by atoms with Gasteiger partial charge in [0.25, 0.3) is 5.91 Å². The van der Waals surface area contributed by atoms with E-state index < -0.39 is 24.2 Å². The van der Waals surface area contributed by atoms with Crippen molar-refractivity contribution in [3.8, 4) is 0 Å². The molecule has 1 saturated heterocycles. The number of thiocarbonyl (C=S) groups is 1. The maximum Gasteiger partial charge on any atom is 0.323 e. The van der Waals surface area contributed by atoms with Crippen LogP contribution in [0.25, 0.3) is 6.08 Å². The van der Waals surface area contributed by atoms with Gasteiger partial charge in [-0.3, -0.25) is 14.5 Å². The molecule has 1 fully saturated rings. The molecule has 1 amide bonds. The van der Waals surface area contributed by atoms with Crippen molar-refractivity contribution in [3.63, 3.8) is 0 Å². The lowest BCUT2D eigenvalue weighted by Crippen LogP contribution is -2.33. The highest BCUT2D eigenvalue weighted by Gasteiger charge is 2.33. The Bertz CT molecular complexity index is 648. The maximum atomic E-state index is 13.3. The molecule has 1 aromatic carbocycles. The number of amides is 1. The monoisotopic (exact) mass is 331 g/mol. The maximum absolute atomic E-state index is 13.3. The minimum Gasteiger partial charge on any atom is -0.480 e. The van der Waals surface area contributed by atoms with Crippen molar-refractivity contribution in [3.05, 3.63) is 39.5 Å². The Hall–Kier alpha value is -1.44. The number of benzene rings is 1. The van der Waals surface area contributed by atoms with Crippen LogP contribution >= 0.6 is 35.6 Å². The Kier molecular flexibility index (Phi) is 4.42. The molecule has 20 heavy (non-hydrogen) atoms. The van der Waals surface area contributed by atoms with Crippen LogP contribution < -0.4 is 0 Å². The summed E-state index contributed by atoms with van der Waals surface area (Å²) < 4.78 is 13.5. The molecule has 0 aliphatic carbocycles. The zero-order valence-electron chi connectivity index (χ0n) is 9.80. The molecule has 0 atom stereocenters. The molecule has 0 aromatic heterocycles. The van der Waals surface area contributed by atoms with Gasteiger partial charge in [-0.2, -0.15) is 0 Å². The quantitative estimate of drug-likeness (QED) is 0.682. The number of carbonyl (C=O) groups excluding carboxylic acids is 1. The molecular formula is C12H7ClFNO3S2. The third-order valence-corrected chi connectivity index (χ3v) is 4.09. The molecule has 1 heterocycles. The smallest absolute Gasteiger partial charge is 0.323 e. The van der Waals surface area contributed by atoms with Crippen LogP contribution in [-0.2, 0) is 9.59 Å². The number of hydrogen-bond donors (Lipinski definition) is 1. The number of aliphatic carboxylic acids is 1. The molecule has 104 valence electrons. The first kappa shape index (κ1) is 15.0. The standard InChI is InChI=1S/C12H7ClFNO3S2/c13-7-2-1-6(3-8(7)14)4-9-11(18)15(5-10(16)17)12(19)20-9/h1-4H,5H2,(H,16,17)/b9-4-. The van der Waals surface area contributed by atoms with Gasteiger partial charge in [-0.15, -0.1) is 0 Å². The fraction of sp³-hybridized carbons (Fsp3) is 0.0833. The van der Waals surface area contributed by atoms with E-state index in [0.29, 0.717) is 5.56 Å². The van der Waals surface area contributed by atoms with Crippen LogP contribution in [0, 0.1) is 5.82 Å². The summed E-state index contributed by atoms with van der Waals surface area (Å²) in [5.74, 6) is -2.25. The predicted molar refractivity (Wildman–Crippen MR) is 78.9 cm³/mol. The molecule has 1 aliphatic heterocycles. The number of carboxylic acid groups (broad SMARTS) is 1. The molecule has 1 aliphatic rings. The van der Waals surface area contributed by atoms with Gasteiger partial charge >= 0.3 is 5.97 Å². The van der Waals surface area contributed by atoms with E-state index in [2.05, 4.69) is 0 Å². The first-order valence-electron chi connectivity index (χ1n) is 5.30. The van der Waals surface area contributed by atoms with Crippen molar-refractivity contribution in [2.75, 3.05) is 6.54 Å². The van der Waals surface area contributed by atoms with Crippen LogP contribution in [-0.4, -0.2) is 32.7 Å². The molecule has 1 N–H and O–H groups in total. The highest BCUT2D eigenvalue weighted by molar-refractivity contribution is 8.26. The highest BCUT2D eigenvalue weighted by atomic mass is 35.5. The second-order valence-corrected chi connectivity index (χ2v) is 5.92. The van der Waals surface area contributed by atoms with Crippen molar-refractivity contribution >= 4 is 57.9 Å². The first-order chi connectivity index (χ1) is 9.38. The zero-order chi connectivity index (χ0) is 14.9. The molecule has 8 heteroatoms. The van der Waals surface area contributed by atoms with Gasteiger partial charge in [-0.25, -0.2) is 4.39 Å². The summed E-state index contributed by atoms with van der Waals surface area (Å²) in [6, 6.07) is 4.11. The minimum absolute atomic E-state index is 0.0134. The second kappa shape index (κ2) is 5.90. The fourth-order valence-electron chi connectivity index (χ4n) is 1.53. The van der Waals surface area contributed by atoms with Gasteiger partial charge in [0.2, 0.25) is 0 Å². The number of carboxylic acids is 1. The summed E-state index contributed by atoms with van der Waals surface area (Å²) in [5.41, 5.74) is 0.447. The van der Waals surface area contributed by atoms with Crippen molar-refractivity contribution in [1.82, 2.24) is 4.90 Å². The summed E-state index contributed by atoms with van der Waals surface area (Å²) >= 11 is 11.5. The lowest BCUT2D eigenvalue weighted by atomic mass is 10.2. The van der Waals surface area contributed by atoms with Crippen LogP contribution in [0.5, 0.6) is 0 Å². The third kappa shape index (κ3) is 3.17. The van der Waals surface area contributed by atoms with Gasteiger partial charge in [0.05, 0.1) is 9.93 Å². The summed E-state index contributed by atoms with van der Waals surface area (Å²) in [7, 11) is 0. The Balaban J connectivity index is 2.27. The number of nitrogens with zero attached hydrogens (tertiary/aromatic N) is 1. The lowest BCUT2D eigenvalue weighted by molar-refractivity contribution is -0.140. The fourth-order valence-corrected chi connectivity index (χ4v) is 2.90. The number of thioether (sulfide) groups is 1. The summed E-state index contributed by atoms with van der Waals surface area (Å²) in [6.45, 7) is -0.489. The predicted octanol–water partition coefficient (Wildman–Crippen LogP) is 2.76. The van der Waals surface area contributed by atoms with Gasteiger partial charge < -0.3 is 5.11 Å². The summed E-state index contributed by atoms with van der Waals surface area (Å²) in [5, 5.41) is 8.69. The van der Waals surface area contributed by atoms with E-state index >= 15 is 0 Å². The molecule has 4 nitrogen and oxygen atoms in total. The lowest BCUT2D eigenvalue weighted by Gasteiger charge is -2.10. The normalized spacial score (nSPS) is 17.1. The van der Waals surface area contributed by atoms with E-state index in [-0.39, 0.29) is 14.2 Å². The molecule has 2 rings (SSSR count). The average Bonchev–Trinajstić information content (AvgIpc) is 2.61. The minimum atomic E-state index is -1.15. The largest absolute Gasteiger partial charge is 0.480 e. The number of carbonyl (C=O) groups is 2. The number of halogens is 2. The van der Waals surface area contributed by atoms with Crippen LogP contribution in [0.2, 0.25) is 5.02 Å². The van der Waals surface area contributed by atoms with E-state index in [1.165, 1.54) is 18.2 Å². The van der Waals surface area contributed by atoms with E-state index in [1.54, 1.807) is 6.07 Å². The highest BCUT2D eigenvalue weighted by Crippen LogP contribution is 2.32. The third-order valence-electron chi connectivity index (χ3n) is 2.41. The zero-order valence-corrected chi connectivity index (χ0v) is 12.2. The number of rotatable bonds is 3. The van der Waals surface area contributed by atoms with E-state index in [1.807, 2.05) is 0 Å². The van der Waals surface area contributed by atoms with Crippen molar-refractivity contribution in [1.29, 1.82) is 0 Å². The van der Waals surface area contributed by atoms with Gasteiger partial charge in [0.15, 0.2) is 0 Å². The van der Waals surface area contributed by atoms with Crippen LogP contribution in [0.1, 0.15) is 5.56 Å². The molecule has 0 radical (unpaired) electrons. The van der Waals surface area contributed by atoms with Gasteiger partial charge in [0, 0.05) is 0 Å². The Morgan fingerprint density at radius 3 is 2.85 bits per heavy atom. The van der Waals surface area contributed by atoms with Crippen LogP contribution in [0.4, 0.5) is 4.39 Å². The van der Waals surface area contributed by atoms with E-state index in [0.717, 1.165) is 16.7 Å². The van der Waals surface area contributed by atoms with Crippen molar-refractivity contribution < 1.29 is 19.1 Å². The average molecular weight is 332 g/mol. The number of hydrogen-bond acceptors (Lipinski definition) is 4. The summed E-state index contributed by atoms with van der Waals surface area (Å²) in [4.78, 5) is 23.9. The Labute approximate surface area is 128 Å². The summed E-state index contributed by atoms with van der Waals surface area (Å²) in [6.07, 6.45) is 1.44. The van der Waals surface area contributed by atoms with Crippen LogP contribution in [0.15, 0.2) is 23.1 Å².